The molecular formula is C9H12ClF3. The fourth-order valence-corrected chi connectivity index (χ4v) is 2.12. The first-order valence-electron chi connectivity index (χ1n) is 4.21. The van der Waals surface area contributed by atoms with Gasteiger partial charge in [0, 0.05) is 0 Å². The third-order valence-electron chi connectivity index (χ3n) is 2.43. The third-order valence-corrected chi connectivity index (χ3v) is 3.04. The molecule has 0 aromatic rings. The zero-order valence-corrected chi connectivity index (χ0v) is 8.12. The van der Waals surface area contributed by atoms with Crippen molar-refractivity contribution in [2.24, 2.45) is 11.8 Å². The van der Waals surface area contributed by atoms with Crippen molar-refractivity contribution in [2.45, 2.75) is 31.3 Å². The lowest BCUT2D eigenvalue weighted by atomic mass is 9.79. The second-order valence-electron chi connectivity index (χ2n) is 3.75. The molecule has 1 saturated carbocycles. The van der Waals surface area contributed by atoms with Gasteiger partial charge in [0.05, 0.1) is 11.3 Å². The summed E-state index contributed by atoms with van der Waals surface area (Å²) in [4.78, 5) is 0. The lowest BCUT2D eigenvalue weighted by molar-refractivity contribution is -0.180. The van der Waals surface area contributed by atoms with Gasteiger partial charge in [-0.15, -0.1) is 11.6 Å². The van der Waals surface area contributed by atoms with E-state index in [0.29, 0.717) is 12.0 Å². The number of allylic oxidation sites excluding steroid dienone is 1. The van der Waals surface area contributed by atoms with E-state index in [0.717, 1.165) is 0 Å². The highest BCUT2D eigenvalue weighted by Crippen LogP contribution is 2.44. The van der Waals surface area contributed by atoms with Gasteiger partial charge in [-0.05, 0) is 18.8 Å². The number of hydrogen-bond donors (Lipinski definition) is 0. The predicted octanol–water partition coefficient (Wildman–Crippen LogP) is 3.76. The fraction of sp³-hybridized carbons (Fsp3) is 0.778. The Hall–Kier alpha value is -0.180. The first-order chi connectivity index (χ1) is 5.82. The minimum atomic E-state index is -4.19. The van der Waals surface area contributed by atoms with E-state index in [2.05, 4.69) is 6.58 Å². The van der Waals surface area contributed by atoms with Crippen LogP contribution in [0.4, 0.5) is 13.2 Å². The Labute approximate surface area is 80.8 Å². The highest BCUT2D eigenvalue weighted by molar-refractivity contribution is 6.22. The van der Waals surface area contributed by atoms with Crippen molar-refractivity contribution in [3.63, 3.8) is 0 Å². The molecular weight excluding hydrogens is 201 g/mol. The zero-order valence-electron chi connectivity index (χ0n) is 7.37. The van der Waals surface area contributed by atoms with Crippen LogP contribution in [0.25, 0.3) is 0 Å². The summed E-state index contributed by atoms with van der Waals surface area (Å²) in [6.07, 6.45) is -3.46. The Kier molecular flexibility index (Phi) is 2.95. The molecule has 1 fully saturated rings. The first kappa shape index (κ1) is 10.9. The monoisotopic (exact) mass is 212 g/mol. The summed E-state index contributed by atoms with van der Waals surface area (Å²) in [5, 5.41) is -0.934. The van der Waals surface area contributed by atoms with Gasteiger partial charge in [0.15, 0.2) is 0 Å². The van der Waals surface area contributed by atoms with Crippen LogP contribution >= 0.6 is 11.6 Å². The topological polar surface area (TPSA) is 0 Å². The molecule has 0 aliphatic heterocycles. The molecule has 13 heavy (non-hydrogen) atoms. The molecule has 0 bridgehead atoms. The van der Waals surface area contributed by atoms with Crippen LogP contribution in [0.3, 0.4) is 0 Å². The third kappa shape index (κ3) is 2.39. The molecule has 0 aromatic heterocycles. The summed E-state index contributed by atoms with van der Waals surface area (Å²) in [5.74, 6) is -1.38. The van der Waals surface area contributed by atoms with Crippen LogP contribution < -0.4 is 0 Å². The van der Waals surface area contributed by atoms with Crippen molar-refractivity contribution >= 4 is 11.6 Å². The molecule has 0 nitrogen and oxygen atoms in total. The van der Waals surface area contributed by atoms with Crippen LogP contribution in [0, 0.1) is 11.8 Å². The highest BCUT2D eigenvalue weighted by atomic mass is 35.5. The SMILES string of the molecule is C=C1CC(C)CC(C(F)(F)F)C1Cl. The van der Waals surface area contributed by atoms with Crippen molar-refractivity contribution < 1.29 is 13.2 Å². The maximum absolute atomic E-state index is 12.4. The Balaban J connectivity index is 2.78. The standard InChI is InChI=1S/C9H12ClF3/c1-5-3-6(2)8(10)7(4-5)9(11,12)13/h5,7-8H,2-4H2,1H3. The molecule has 3 unspecified atom stereocenters. The quantitative estimate of drug-likeness (QED) is 0.424. The van der Waals surface area contributed by atoms with Gasteiger partial charge in [-0.3, -0.25) is 0 Å². The van der Waals surface area contributed by atoms with Gasteiger partial charge >= 0.3 is 6.18 Å². The van der Waals surface area contributed by atoms with Crippen LogP contribution in [-0.2, 0) is 0 Å². The Bertz CT molecular complexity index is 209. The second kappa shape index (κ2) is 3.52. The van der Waals surface area contributed by atoms with Gasteiger partial charge in [0.1, 0.15) is 0 Å². The Morgan fingerprint density at radius 3 is 2.46 bits per heavy atom. The van der Waals surface area contributed by atoms with Gasteiger partial charge in [0.25, 0.3) is 0 Å². The van der Waals surface area contributed by atoms with E-state index < -0.39 is 17.5 Å². The fourth-order valence-electron chi connectivity index (χ4n) is 1.78. The molecule has 0 amide bonds. The number of halogens is 4. The number of alkyl halides is 4. The van der Waals surface area contributed by atoms with Gasteiger partial charge in [-0.2, -0.15) is 13.2 Å². The minimum Gasteiger partial charge on any atom is -0.171 e. The summed E-state index contributed by atoms with van der Waals surface area (Å²) in [7, 11) is 0. The average molecular weight is 213 g/mol. The second-order valence-corrected chi connectivity index (χ2v) is 4.22. The predicted molar refractivity (Wildman–Crippen MR) is 46.7 cm³/mol. The molecule has 1 aliphatic rings. The average Bonchev–Trinajstić information content (AvgIpc) is 1.94. The van der Waals surface area contributed by atoms with E-state index in [4.69, 9.17) is 11.6 Å². The minimum absolute atomic E-state index is 0.0362. The first-order valence-corrected chi connectivity index (χ1v) is 4.64. The van der Waals surface area contributed by atoms with Crippen LogP contribution in [0.1, 0.15) is 19.8 Å². The lowest BCUT2D eigenvalue weighted by Crippen LogP contribution is -2.37. The molecule has 3 atom stereocenters. The van der Waals surface area contributed by atoms with Crippen molar-refractivity contribution in [3.8, 4) is 0 Å². The van der Waals surface area contributed by atoms with E-state index in [1.165, 1.54) is 0 Å². The lowest BCUT2D eigenvalue weighted by Gasteiger charge is -2.34. The largest absolute Gasteiger partial charge is 0.393 e. The summed E-state index contributed by atoms with van der Waals surface area (Å²) >= 11 is 5.66. The summed E-state index contributed by atoms with van der Waals surface area (Å²) in [5.41, 5.74) is 0.516. The van der Waals surface area contributed by atoms with Crippen LogP contribution in [0.15, 0.2) is 12.2 Å². The molecule has 0 aromatic carbocycles. The van der Waals surface area contributed by atoms with E-state index in [9.17, 15) is 13.2 Å². The molecule has 0 heterocycles. The molecule has 76 valence electrons. The van der Waals surface area contributed by atoms with E-state index in [-0.39, 0.29) is 12.3 Å². The van der Waals surface area contributed by atoms with Crippen LogP contribution in [-0.4, -0.2) is 11.6 Å². The molecule has 0 spiro atoms. The van der Waals surface area contributed by atoms with Crippen LogP contribution in [0.2, 0.25) is 0 Å². The van der Waals surface area contributed by atoms with Crippen LogP contribution in [0.5, 0.6) is 0 Å². The molecule has 0 saturated heterocycles. The molecule has 0 N–H and O–H groups in total. The zero-order chi connectivity index (χ0) is 10.2. The van der Waals surface area contributed by atoms with E-state index >= 15 is 0 Å². The summed E-state index contributed by atoms with van der Waals surface area (Å²) in [6, 6.07) is 0. The molecule has 4 heteroatoms. The number of hydrogen-bond acceptors (Lipinski definition) is 0. The normalized spacial score (nSPS) is 36.4. The maximum atomic E-state index is 12.4. The van der Waals surface area contributed by atoms with Gasteiger partial charge in [0.2, 0.25) is 0 Å². The molecule has 1 rings (SSSR count). The van der Waals surface area contributed by atoms with E-state index in [1.54, 1.807) is 6.92 Å². The Morgan fingerprint density at radius 2 is 2.00 bits per heavy atom. The molecule has 1 aliphatic carbocycles. The van der Waals surface area contributed by atoms with Gasteiger partial charge in [-0.25, -0.2) is 0 Å². The Morgan fingerprint density at radius 1 is 1.46 bits per heavy atom. The van der Waals surface area contributed by atoms with Crippen molar-refractivity contribution in [2.75, 3.05) is 0 Å². The van der Waals surface area contributed by atoms with E-state index in [1.807, 2.05) is 0 Å². The highest BCUT2D eigenvalue weighted by Gasteiger charge is 2.47. The van der Waals surface area contributed by atoms with Crippen molar-refractivity contribution in [3.05, 3.63) is 12.2 Å². The maximum Gasteiger partial charge on any atom is 0.393 e. The molecule has 0 radical (unpaired) electrons. The number of rotatable bonds is 0. The van der Waals surface area contributed by atoms with Crippen molar-refractivity contribution in [1.82, 2.24) is 0 Å². The van der Waals surface area contributed by atoms with Gasteiger partial charge in [-0.1, -0.05) is 19.1 Å². The smallest absolute Gasteiger partial charge is 0.171 e. The summed E-state index contributed by atoms with van der Waals surface area (Å²) in [6.45, 7) is 5.38. The summed E-state index contributed by atoms with van der Waals surface area (Å²) < 4.78 is 37.2. The van der Waals surface area contributed by atoms with Gasteiger partial charge < -0.3 is 0 Å². The van der Waals surface area contributed by atoms with Crippen molar-refractivity contribution in [1.29, 1.82) is 0 Å².